The van der Waals surface area contributed by atoms with Crippen LogP contribution in [0, 0.1) is 51.9 Å². The van der Waals surface area contributed by atoms with Crippen molar-refractivity contribution in [3.8, 4) is 48.4 Å². The fourth-order valence-corrected chi connectivity index (χ4v) is 6.92. The molecular formula is C52H59BIN6. The number of terminal acetylenes is 2. The van der Waals surface area contributed by atoms with Gasteiger partial charge in [0.2, 0.25) is 0 Å². The van der Waals surface area contributed by atoms with Gasteiger partial charge in [0.1, 0.15) is 0 Å². The first-order valence-electron chi connectivity index (χ1n) is 20.1. The third-order valence-electron chi connectivity index (χ3n) is 8.94. The molecule has 307 valence electrons. The van der Waals surface area contributed by atoms with Crippen molar-refractivity contribution in [2.24, 2.45) is 22.9 Å². The Morgan fingerprint density at radius 1 is 0.433 bits per heavy atom. The highest BCUT2D eigenvalue weighted by Gasteiger charge is 2.02. The van der Waals surface area contributed by atoms with Crippen molar-refractivity contribution >= 4 is 31.0 Å². The van der Waals surface area contributed by atoms with E-state index in [9.17, 15) is 0 Å². The van der Waals surface area contributed by atoms with Gasteiger partial charge in [-0.15, -0.1) is 12.8 Å². The summed E-state index contributed by atoms with van der Waals surface area (Å²) in [4.78, 5) is 0. The van der Waals surface area contributed by atoms with Crippen LogP contribution >= 0.6 is 22.6 Å². The molecule has 60 heavy (non-hydrogen) atoms. The molecule has 0 aliphatic heterocycles. The van der Waals surface area contributed by atoms with Gasteiger partial charge >= 0.3 is 0 Å². The molecule has 0 spiro atoms. The molecule has 0 heterocycles. The second-order valence-electron chi connectivity index (χ2n) is 13.9. The van der Waals surface area contributed by atoms with Gasteiger partial charge in [-0.1, -0.05) is 65.9 Å². The molecule has 0 amide bonds. The predicted octanol–water partition coefficient (Wildman–Crippen LogP) is 5.57. The lowest BCUT2D eigenvalue weighted by atomic mass is 10.0. The molecule has 8 heteroatoms. The van der Waals surface area contributed by atoms with Gasteiger partial charge in [0.15, 0.2) is 0 Å². The number of halogens is 1. The van der Waals surface area contributed by atoms with E-state index in [0.29, 0.717) is 26.2 Å². The Kier molecular flexibility index (Phi) is 25.5. The van der Waals surface area contributed by atoms with Crippen molar-refractivity contribution in [2.75, 3.05) is 53.4 Å². The van der Waals surface area contributed by atoms with Crippen LogP contribution in [-0.2, 0) is 38.5 Å². The molecule has 0 fully saturated rings. The molecular weight excluding hydrogens is 846 g/mol. The normalized spacial score (nSPS) is 9.75. The average Bonchev–Trinajstić information content (AvgIpc) is 3.24. The van der Waals surface area contributed by atoms with E-state index in [-0.39, 0.29) is 8.41 Å². The van der Waals surface area contributed by atoms with Gasteiger partial charge in [0.25, 0.3) is 0 Å². The van der Waals surface area contributed by atoms with Crippen LogP contribution in [-0.4, -0.2) is 61.8 Å². The van der Waals surface area contributed by atoms with Crippen LogP contribution in [0.1, 0.15) is 66.8 Å². The Balaban J connectivity index is 0.000000390. The van der Waals surface area contributed by atoms with Crippen LogP contribution in [0.25, 0.3) is 0 Å². The van der Waals surface area contributed by atoms with Gasteiger partial charge in [0.05, 0.1) is 0 Å². The summed E-state index contributed by atoms with van der Waals surface area (Å²) in [6, 6.07) is 35.0. The van der Waals surface area contributed by atoms with E-state index in [2.05, 4.69) is 123 Å². The summed E-state index contributed by atoms with van der Waals surface area (Å²) in [6.45, 7) is 4.55. The van der Waals surface area contributed by atoms with Crippen molar-refractivity contribution in [3.05, 3.63) is 173 Å². The van der Waals surface area contributed by atoms with Gasteiger partial charge < -0.3 is 33.6 Å². The lowest BCUT2D eigenvalue weighted by Crippen LogP contribution is -2.12. The van der Waals surface area contributed by atoms with Gasteiger partial charge in [-0.2, -0.15) is 0 Å². The molecule has 0 aromatic heterocycles. The maximum atomic E-state index is 5.75. The second kappa shape index (κ2) is 30.0. The van der Waals surface area contributed by atoms with E-state index in [1.165, 1.54) is 37.0 Å². The number of likely N-dealkylation sites (N-methyl/N-ethyl adjacent to an activating group) is 2. The van der Waals surface area contributed by atoms with Gasteiger partial charge in [0, 0.05) is 45.4 Å². The van der Waals surface area contributed by atoms with E-state index in [4.69, 9.17) is 35.8 Å². The van der Waals surface area contributed by atoms with Crippen molar-refractivity contribution in [3.63, 3.8) is 0 Å². The van der Waals surface area contributed by atoms with Crippen molar-refractivity contribution < 1.29 is 0 Å². The van der Waals surface area contributed by atoms with E-state index >= 15 is 0 Å². The number of hydrogen-bond acceptors (Lipinski definition) is 6. The maximum absolute atomic E-state index is 5.75. The predicted molar refractivity (Wildman–Crippen MR) is 265 cm³/mol. The smallest absolute Gasteiger partial charge is 0.0261 e. The summed E-state index contributed by atoms with van der Waals surface area (Å²) in [5.41, 5.74) is 36.1. The lowest BCUT2D eigenvalue weighted by Gasteiger charge is -2.06. The quantitative estimate of drug-likeness (QED) is 0.0492. The summed E-state index contributed by atoms with van der Waals surface area (Å²) >= 11 is 2.39. The highest BCUT2D eigenvalue weighted by Crippen LogP contribution is 2.15. The van der Waals surface area contributed by atoms with E-state index in [1.54, 1.807) is 6.07 Å². The summed E-state index contributed by atoms with van der Waals surface area (Å²) in [6.07, 6.45) is 15.9. The highest BCUT2D eigenvalue weighted by atomic mass is 127. The fraction of sp³-hybridized carbons (Fsp3) is 0.269. The standard InChI is InChI=1S/C30H34N4.C12H19IN2.C10H6.B/c31-12-8-27-17-25(18-28(21-27)9-13-32)6-4-23-2-1-3-24(16-23)5-7-26-19-29(10-14-33)22-30(20-26)11-15-34;1-14-5-3-10-7-11(4-6-15-2)9-12(13)8-10;1-3-9-6-5-7-10(4-2)8-9;/h1-3,16-22H,8-15,31-34H2;7-9,14-15H,3-6H2,1-2H3;1-2,5-8H;. The van der Waals surface area contributed by atoms with Crippen molar-refractivity contribution in [1.82, 2.24) is 10.6 Å². The topological polar surface area (TPSA) is 128 Å². The summed E-state index contributed by atoms with van der Waals surface area (Å²) in [5, 5.41) is 6.37. The maximum Gasteiger partial charge on any atom is 0.0261 e. The molecule has 0 saturated carbocycles. The van der Waals surface area contributed by atoms with Crippen molar-refractivity contribution in [1.29, 1.82) is 0 Å². The molecule has 0 saturated heterocycles. The molecule has 5 rings (SSSR count). The Hall–Kier alpha value is -5.11. The van der Waals surface area contributed by atoms with E-state index < -0.39 is 0 Å². The molecule has 3 radical (unpaired) electrons. The summed E-state index contributed by atoms with van der Waals surface area (Å²) < 4.78 is 1.34. The first kappa shape index (κ1) is 51.0. The van der Waals surface area contributed by atoms with E-state index in [1.807, 2.05) is 56.6 Å². The van der Waals surface area contributed by atoms with Crippen molar-refractivity contribution in [2.45, 2.75) is 38.5 Å². The Morgan fingerprint density at radius 2 is 0.733 bits per heavy atom. The lowest BCUT2D eigenvalue weighted by molar-refractivity contribution is 0.779. The van der Waals surface area contributed by atoms with Gasteiger partial charge in [-0.3, -0.25) is 0 Å². The van der Waals surface area contributed by atoms with Crippen LogP contribution in [0.3, 0.4) is 0 Å². The van der Waals surface area contributed by atoms with Gasteiger partial charge in [-0.05, 0) is 221 Å². The fourth-order valence-electron chi connectivity index (χ4n) is 6.12. The Bertz CT molecular complexity index is 2090. The number of benzene rings is 5. The largest absolute Gasteiger partial charge is 0.330 e. The minimum Gasteiger partial charge on any atom is -0.330 e. The third kappa shape index (κ3) is 19.8. The number of rotatable bonds is 14. The Labute approximate surface area is 376 Å². The molecule has 0 atom stereocenters. The monoisotopic (exact) mass is 905 g/mol. The molecule has 5 aromatic rings. The molecule has 10 N–H and O–H groups in total. The van der Waals surface area contributed by atoms with Crippen LogP contribution in [0.2, 0.25) is 0 Å². The highest BCUT2D eigenvalue weighted by molar-refractivity contribution is 14.1. The zero-order valence-corrected chi connectivity index (χ0v) is 37.4. The second-order valence-corrected chi connectivity index (χ2v) is 15.1. The summed E-state index contributed by atoms with van der Waals surface area (Å²) in [5.74, 6) is 18.2. The van der Waals surface area contributed by atoms with Crippen LogP contribution < -0.4 is 33.6 Å². The Morgan fingerprint density at radius 3 is 1.05 bits per heavy atom. The van der Waals surface area contributed by atoms with E-state index in [0.717, 1.165) is 85.0 Å². The SMILES string of the molecule is C#Cc1cccc(C#C)c1.CNCCc1cc(I)cc(CCNC)c1.NCCc1cc(C#Cc2cccc(C#Cc3cc(CCN)cc(CCN)c3)c2)cc(CCN)c1.[B]. The number of nitrogens with one attached hydrogen (secondary N) is 2. The average molecular weight is 906 g/mol. The molecule has 0 aliphatic rings. The molecule has 6 nitrogen and oxygen atoms in total. The summed E-state index contributed by atoms with van der Waals surface area (Å²) in [7, 11) is 3.99. The zero-order valence-electron chi connectivity index (χ0n) is 35.2. The number of nitrogens with two attached hydrogens (primary N) is 4. The minimum absolute atomic E-state index is 0. The first-order valence-corrected chi connectivity index (χ1v) is 21.1. The van der Waals surface area contributed by atoms with Crippen LogP contribution in [0.5, 0.6) is 0 Å². The minimum atomic E-state index is 0. The van der Waals surface area contributed by atoms with Gasteiger partial charge in [-0.25, -0.2) is 0 Å². The zero-order chi connectivity index (χ0) is 42.7. The number of hydrogen-bond donors (Lipinski definition) is 6. The van der Waals surface area contributed by atoms with Crippen LogP contribution in [0.15, 0.2) is 103 Å². The molecule has 0 unspecified atom stereocenters. The molecule has 5 aromatic carbocycles. The molecule has 0 aliphatic carbocycles. The first-order chi connectivity index (χ1) is 28.7. The molecule has 0 bridgehead atoms. The third-order valence-corrected chi connectivity index (χ3v) is 9.57. The van der Waals surface area contributed by atoms with Crippen LogP contribution in [0.4, 0.5) is 0 Å².